The Labute approximate surface area is 120 Å². The summed E-state index contributed by atoms with van der Waals surface area (Å²) in [5.74, 6) is 0.830. The van der Waals surface area contributed by atoms with Gasteiger partial charge in [0.15, 0.2) is 0 Å². The Balaban J connectivity index is 2.10. The number of hydrogen-bond acceptors (Lipinski definition) is 3. The molecule has 0 aromatic heterocycles. The van der Waals surface area contributed by atoms with Crippen molar-refractivity contribution in [2.75, 3.05) is 7.11 Å². The highest BCUT2D eigenvalue weighted by atomic mass is 16.5. The number of hydrogen-bond donors (Lipinski definition) is 1. The Bertz CT molecular complexity index is 510. The van der Waals surface area contributed by atoms with Gasteiger partial charge in [-0.2, -0.15) is 5.06 Å². The molecule has 0 aliphatic heterocycles. The molecule has 0 fully saturated rings. The largest absolute Gasteiger partial charge is 0.497 e. The summed E-state index contributed by atoms with van der Waals surface area (Å²) in [6.07, 6.45) is 0.843. The number of rotatable bonds is 6. The van der Waals surface area contributed by atoms with Crippen LogP contribution in [0.5, 0.6) is 5.75 Å². The maximum Gasteiger partial charge on any atom is 0.118 e. The van der Waals surface area contributed by atoms with Crippen LogP contribution >= 0.6 is 0 Å². The first-order valence-corrected chi connectivity index (χ1v) is 6.88. The van der Waals surface area contributed by atoms with Crippen LogP contribution in [0, 0.1) is 0 Å². The van der Waals surface area contributed by atoms with Gasteiger partial charge in [0.1, 0.15) is 5.75 Å². The summed E-state index contributed by atoms with van der Waals surface area (Å²) in [5, 5.41) is 11.7. The van der Waals surface area contributed by atoms with Gasteiger partial charge in [-0.05, 0) is 29.7 Å². The van der Waals surface area contributed by atoms with Crippen LogP contribution in [-0.2, 0) is 6.54 Å². The van der Waals surface area contributed by atoms with Gasteiger partial charge in [0.25, 0.3) is 0 Å². The SMILES string of the molecule is CCC(c1ccc(OC)cc1)N(O)Cc1ccccc1. The predicted molar refractivity (Wildman–Crippen MR) is 79.8 cm³/mol. The van der Waals surface area contributed by atoms with E-state index in [1.54, 1.807) is 7.11 Å². The molecule has 0 amide bonds. The van der Waals surface area contributed by atoms with E-state index in [1.807, 2.05) is 54.6 Å². The molecule has 1 N–H and O–H groups in total. The highest BCUT2D eigenvalue weighted by molar-refractivity contribution is 5.29. The Morgan fingerprint density at radius 3 is 2.25 bits per heavy atom. The molecule has 0 saturated heterocycles. The van der Waals surface area contributed by atoms with E-state index in [0.717, 1.165) is 23.3 Å². The van der Waals surface area contributed by atoms with Crippen LogP contribution in [0.1, 0.15) is 30.5 Å². The number of methoxy groups -OCH3 is 1. The second kappa shape index (κ2) is 7.08. The minimum Gasteiger partial charge on any atom is -0.497 e. The maximum atomic E-state index is 10.3. The van der Waals surface area contributed by atoms with Crippen molar-refractivity contribution in [3.8, 4) is 5.75 Å². The highest BCUT2D eigenvalue weighted by Gasteiger charge is 2.17. The minimum absolute atomic E-state index is 0.0129. The molecule has 106 valence electrons. The number of benzene rings is 2. The Kier molecular flexibility index (Phi) is 5.16. The fourth-order valence-electron chi connectivity index (χ4n) is 2.33. The van der Waals surface area contributed by atoms with Gasteiger partial charge in [-0.3, -0.25) is 0 Å². The Morgan fingerprint density at radius 2 is 1.70 bits per heavy atom. The molecule has 1 unspecified atom stereocenters. The highest BCUT2D eigenvalue weighted by Crippen LogP contribution is 2.26. The maximum absolute atomic E-state index is 10.3. The van der Waals surface area contributed by atoms with Gasteiger partial charge in [0, 0.05) is 6.54 Å². The first-order valence-electron chi connectivity index (χ1n) is 6.88. The third kappa shape index (κ3) is 3.59. The van der Waals surface area contributed by atoms with Gasteiger partial charge < -0.3 is 9.94 Å². The summed E-state index contributed by atoms with van der Waals surface area (Å²) in [4.78, 5) is 0. The van der Waals surface area contributed by atoms with Crippen LogP contribution in [0.15, 0.2) is 54.6 Å². The van der Waals surface area contributed by atoms with Crippen molar-refractivity contribution in [3.05, 3.63) is 65.7 Å². The lowest BCUT2D eigenvalue weighted by Crippen LogP contribution is -2.24. The van der Waals surface area contributed by atoms with E-state index in [4.69, 9.17) is 4.74 Å². The first-order chi connectivity index (χ1) is 9.74. The molecule has 2 rings (SSSR count). The van der Waals surface area contributed by atoms with E-state index in [9.17, 15) is 5.21 Å². The zero-order valence-electron chi connectivity index (χ0n) is 12.0. The van der Waals surface area contributed by atoms with Crippen molar-refractivity contribution in [2.24, 2.45) is 0 Å². The smallest absolute Gasteiger partial charge is 0.118 e. The van der Waals surface area contributed by atoms with Crippen LogP contribution in [0.25, 0.3) is 0 Å². The number of hydroxylamine groups is 2. The molecule has 0 radical (unpaired) electrons. The molecule has 2 aromatic rings. The summed E-state index contributed by atoms with van der Waals surface area (Å²) in [6, 6.07) is 17.8. The van der Waals surface area contributed by atoms with Gasteiger partial charge in [-0.1, -0.05) is 49.4 Å². The average Bonchev–Trinajstić information content (AvgIpc) is 2.49. The molecule has 0 aliphatic rings. The zero-order chi connectivity index (χ0) is 14.4. The number of nitrogens with zero attached hydrogens (tertiary/aromatic N) is 1. The van der Waals surface area contributed by atoms with Crippen molar-refractivity contribution in [1.29, 1.82) is 0 Å². The normalized spacial score (nSPS) is 12.4. The minimum atomic E-state index is -0.0129. The molecule has 0 aliphatic carbocycles. The van der Waals surface area contributed by atoms with E-state index < -0.39 is 0 Å². The van der Waals surface area contributed by atoms with Crippen LogP contribution < -0.4 is 4.74 Å². The van der Waals surface area contributed by atoms with Gasteiger partial charge in [-0.15, -0.1) is 0 Å². The lowest BCUT2D eigenvalue weighted by molar-refractivity contribution is -0.138. The van der Waals surface area contributed by atoms with Crippen molar-refractivity contribution in [1.82, 2.24) is 5.06 Å². The molecular weight excluding hydrogens is 250 g/mol. The summed E-state index contributed by atoms with van der Waals surface area (Å²) in [5.41, 5.74) is 2.19. The van der Waals surface area contributed by atoms with E-state index >= 15 is 0 Å². The second-order valence-corrected chi connectivity index (χ2v) is 4.78. The molecule has 3 heteroatoms. The van der Waals surface area contributed by atoms with E-state index in [1.165, 1.54) is 5.06 Å². The Hall–Kier alpha value is -1.84. The fraction of sp³-hybridized carbons (Fsp3) is 0.294. The monoisotopic (exact) mass is 271 g/mol. The predicted octanol–water partition coefficient (Wildman–Crippen LogP) is 4.04. The Morgan fingerprint density at radius 1 is 1.05 bits per heavy atom. The molecule has 0 bridgehead atoms. The van der Waals surface area contributed by atoms with Crippen LogP contribution in [0.3, 0.4) is 0 Å². The molecule has 20 heavy (non-hydrogen) atoms. The van der Waals surface area contributed by atoms with Gasteiger partial charge in [0.05, 0.1) is 13.2 Å². The van der Waals surface area contributed by atoms with Gasteiger partial charge >= 0.3 is 0 Å². The summed E-state index contributed by atoms with van der Waals surface area (Å²) in [6.45, 7) is 2.59. The lowest BCUT2D eigenvalue weighted by atomic mass is 10.0. The van der Waals surface area contributed by atoms with Crippen molar-refractivity contribution in [2.45, 2.75) is 25.9 Å². The fourth-order valence-corrected chi connectivity index (χ4v) is 2.33. The molecule has 0 heterocycles. The zero-order valence-corrected chi connectivity index (χ0v) is 12.0. The first kappa shape index (κ1) is 14.6. The van der Waals surface area contributed by atoms with Crippen molar-refractivity contribution >= 4 is 0 Å². The van der Waals surface area contributed by atoms with Gasteiger partial charge in [-0.25, -0.2) is 0 Å². The molecule has 2 aromatic carbocycles. The molecule has 3 nitrogen and oxygen atoms in total. The topological polar surface area (TPSA) is 32.7 Å². The van der Waals surface area contributed by atoms with Crippen LogP contribution in [-0.4, -0.2) is 17.4 Å². The van der Waals surface area contributed by atoms with Crippen LogP contribution in [0.4, 0.5) is 0 Å². The van der Waals surface area contributed by atoms with E-state index in [2.05, 4.69) is 6.92 Å². The van der Waals surface area contributed by atoms with Gasteiger partial charge in [0.2, 0.25) is 0 Å². The molecule has 1 atom stereocenters. The third-order valence-electron chi connectivity index (χ3n) is 3.43. The van der Waals surface area contributed by atoms with Crippen molar-refractivity contribution < 1.29 is 9.94 Å². The molecule has 0 spiro atoms. The summed E-state index contributed by atoms with van der Waals surface area (Å²) in [7, 11) is 1.65. The van der Waals surface area contributed by atoms with E-state index in [-0.39, 0.29) is 6.04 Å². The standard InChI is InChI=1S/C17H21NO2/c1-3-17(15-9-11-16(20-2)12-10-15)18(19)13-14-7-5-4-6-8-14/h4-12,17,19H,3,13H2,1-2H3. The number of ether oxygens (including phenoxy) is 1. The molecular formula is C17H21NO2. The quantitative estimate of drug-likeness (QED) is 0.805. The lowest BCUT2D eigenvalue weighted by Gasteiger charge is -2.25. The summed E-state index contributed by atoms with van der Waals surface area (Å²) < 4.78 is 5.16. The molecule has 0 saturated carbocycles. The summed E-state index contributed by atoms with van der Waals surface area (Å²) >= 11 is 0. The average molecular weight is 271 g/mol. The van der Waals surface area contributed by atoms with Crippen LogP contribution in [0.2, 0.25) is 0 Å². The van der Waals surface area contributed by atoms with Crippen molar-refractivity contribution in [3.63, 3.8) is 0 Å². The second-order valence-electron chi connectivity index (χ2n) is 4.78. The third-order valence-corrected chi connectivity index (χ3v) is 3.43. The van der Waals surface area contributed by atoms with E-state index in [0.29, 0.717) is 6.54 Å².